The molecular formula is C34H40Cl3NO7Si. The number of methoxy groups -OCH3 is 1. The van der Waals surface area contributed by atoms with E-state index < -0.39 is 54.7 Å². The number of carbonyl (C=O) groups is 1. The van der Waals surface area contributed by atoms with E-state index in [0.29, 0.717) is 5.75 Å². The van der Waals surface area contributed by atoms with Gasteiger partial charge in [0.05, 0.1) is 19.8 Å². The second kappa shape index (κ2) is 15.1. The van der Waals surface area contributed by atoms with Crippen molar-refractivity contribution in [2.45, 2.75) is 80.8 Å². The van der Waals surface area contributed by atoms with Gasteiger partial charge in [0.25, 0.3) is 12.1 Å². The molecule has 1 fully saturated rings. The average Bonchev–Trinajstić information content (AvgIpc) is 3.01. The van der Waals surface area contributed by atoms with Crippen LogP contribution in [0.4, 0.5) is 0 Å². The van der Waals surface area contributed by atoms with Crippen LogP contribution in [-0.4, -0.2) is 61.8 Å². The summed E-state index contributed by atoms with van der Waals surface area (Å²) in [6.45, 7) is 9.73. The Morgan fingerprint density at radius 2 is 1.39 bits per heavy atom. The van der Waals surface area contributed by atoms with Crippen LogP contribution in [0, 0.1) is 5.41 Å². The van der Waals surface area contributed by atoms with Gasteiger partial charge in [0.15, 0.2) is 6.10 Å². The minimum absolute atomic E-state index is 0.133. The Morgan fingerprint density at radius 1 is 0.848 bits per heavy atom. The van der Waals surface area contributed by atoms with Crippen LogP contribution in [0.15, 0.2) is 84.9 Å². The molecule has 0 bridgehead atoms. The monoisotopic (exact) mass is 707 g/mol. The Bertz CT molecular complexity index is 1410. The SMILES string of the molecule is COc1ccc(CO[C@@H]2[C@@H](O[Si](c3ccccc3)(c3ccccc3)C(C)(C)C)[C@H](C)O[C@@H](OC(=N)C(Cl)(Cl)Cl)[C@@H]2OC(C)=O)cc1. The zero-order chi connectivity index (χ0) is 33.7. The minimum Gasteiger partial charge on any atom is -0.497 e. The fourth-order valence-corrected chi connectivity index (χ4v) is 10.6. The average molecular weight is 709 g/mol. The molecule has 1 saturated heterocycles. The maximum Gasteiger partial charge on any atom is 0.303 e. The molecule has 0 amide bonds. The number of alkyl halides is 3. The topological polar surface area (TPSA) is 96.3 Å². The van der Waals surface area contributed by atoms with E-state index in [1.807, 2.05) is 67.6 Å². The minimum atomic E-state index is -3.16. The highest BCUT2D eigenvalue weighted by Gasteiger charge is 2.57. The molecule has 0 radical (unpaired) electrons. The Kier molecular flexibility index (Phi) is 11.9. The van der Waals surface area contributed by atoms with Crippen molar-refractivity contribution >= 4 is 65.4 Å². The molecule has 1 N–H and O–H groups in total. The highest BCUT2D eigenvalue weighted by molar-refractivity contribution is 6.99. The van der Waals surface area contributed by atoms with E-state index in [4.69, 9.17) is 68.3 Å². The largest absolute Gasteiger partial charge is 0.497 e. The number of carbonyl (C=O) groups excluding carboxylic acids is 1. The first-order chi connectivity index (χ1) is 21.7. The van der Waals surface area contributed by atoms with Gasteiger partial charge in [0, 0.05) is 6.92 Å². The Hall–Kier alpha value is -2.63. The van der Waals surface area contributed by atoms with Gasteiger partial charge in [-0.25, -0.2) is 0 Å². The Morgan fingerprint density at radius 3 is 1.85 bits per heavy atom. The Labute approximate surface area is 286 Å². The predicted molar refractivity (Wildman–Crippen MR) is 183 cm³/mol. The second-order valence-electron chi connectivity index (χ2n) is 12.1. The molecule has 3 aromatic carbocycles. The van der Waals surface area contributed by atoms with E-state index in [0.717, 1.165) is 15.9 Å². The lowest BCUT2D eigenvalue weighted by Gasteiger charge is -2.51. The van der Waals surface area contributed by atoms with Crippen molar-refractivity contribution < 1.29 is 32.9 Å². The van der Waals surface area contributed by atoms with Gasteiger partial charge in [-0.3, -0.25) is 10.2 Å². The summed E-state index contributed by atoms with van der Waals surface area (Å²) in [5, 5.41) is 9.97. The van der Waals surface area contributed by atoms with Crippen LogP contribution in [0.1, 0.15) is 40.2 Å². The quantitative estimate of drug-likeness (QED) is 0.0838. The fourth-order valence-electron chi connectivity index (χ4n) is 5.73. The van der Waals surface area contributed by atoms with E-state index in [1.54, 1.807) is 7.11 Å². The summed E-state index contributed by atoms with van der Waals surface area (Å²) in [7, 11) is -1.56. The summed E-state index contributed by atoms with van der Waals surface area (Å²) < 4.78 is 35.1. The molecule has 4 rings (SSSR count). The van der Waals surface area contributed by atoms with E-state index in [1.165, 1.54) is 6.92 Å². The molecule has 0 unspecified atom stereocenters. The lowest BCUT2D eigenvalue weighted by molar-refractivity contribution is -0.284. The number of halogens is 3. The van der Waals surface area contributed by atoms with Gasteiger partial charge in [-0.15, -0.1) is 0 Å². The first-order valence-electron chi connectivity index (χ1n) is 14.9. The smallest absolute Gasteiger partial charge is 0.303 e. The number of hydrogen-bond acceptors (Lipinski definition) is 8. The molecule has 1 heterocycles. The maximum absolute atomic E-state index is 12.5. The molecule has 5 atom stereocenters. The Balaban J connectivity index is 1.85. The molecule has 46 heavy (non-hydrogen) atoms. The molecule has 0 spiro atoms. The summed E-state index contributed by atoms with van der Waals surface area (Å²) in [5.74, 6) is -0.598. The molecule has 0 saturated carbocycles. The van der Waals surface area contributed by atoms with Crippen LogP contribution in [0.5, 0.6) is 5.75 Å². The van der Waals surface area contributed by atoms with Crippen molar-refractivity contribution in [2.75, 3.05) is 7.11 Å². The molecule has 12 heteroatoms. The van der Waals surface area contributed by atoms with E-state index in [2.05, 4.69) is 45.0 Å². The zero-order valence-electron chi connectivity index (χ0n) is 26.7. The molecule has 1 aliphatic rings. The van der Waals surface area contributed by atoms with Crippen molar-refractivity contribution in [1.29, 1.82) is 5.41 Å². The van der Waals surface area contributed by atoms with Crippen LogP contribution in [-0.2, 0) is 34.8 Å². The molecule has 248 valence electrons. The first-order valence-corrected chi connectivity index (χ1v) is 17.9. The normalized spacial score (nSPS) is 22.2. The van der Waals surface area contributed by atoms with Gasteiger partial charge in [-0.2, -0.15) is 0 Å². The molecule has 0 aromatic heterocycles. The van der Waals surface area contributed by atoms with Gasteiger partial charge >= 0.3 is 5.97 Å². The predicted octanol–water partition coefficient (Wildman–Crippen LogP) is 6.57. The highest BCUT2D eigenvalue weighted by atomic mass is 35.6. The summed E-state index contributed by atoms with van der Waals surface area (Å²) in [4.78, 5) is 12.5. The standard InChI is InChI=1S/C34H40Cl3NO7Si/c1-22-28(45-46(33(3,4)5,26-13-9-7-10-14-26)27-15-11-8-12-16-27)29(41-21-24-17-19-25(40-6)20-18-24)30(43-23(2)39)31(42-22)44-32(38)34(35,36)37/h7-20,22,28-31,38H,21H2,1-6H3/t22-,28-,29+,30+,31-/m0/s1. The van der Waals surface area contributed by atoms with Crippen LogP contribution in [0.25, 0.3) is 0 Å². The number of nitrogens with one attached hydrogen (secondary N) is 1. The van der Waals surface area contributed by atoms with Gasteiger partial charge in [-0.1, -0.05) is 128 Å². The number of rotatable bonds is 10. The van der Waals surface area contributed by atoms with Gasteiger partial charge in [-0.05, 0) is 40.0 Å². The second-order valence-corrected chi connectivity index (χ2v) is 18.6. The van der Waals surface area contributed by atoms with Crippen LogP contribution < -0.4 is 15.1 Å². The molecule has 1 aliphatic heterocycles. The van der Waals surface area contributed by atoms with Crippen molar-refractivity contribution in [2.24, 2.45) is 0 Å². The number of esters is 1. The van der Waals surface area contributed by atoms with Crippen molar-refractivity contribution in [3.05, 3.63) is 90.5 Å². The van der Waals surface area contributed by atoms with E-state index >= 15 is 0 Å². The fraction of sp³-hybridized carbons (Fsp3) is 0.412. The number of benzene rings is 3. The van der Waals surface area contributed by atoms with Crippen molar-refractivity contribution in [3.63, 3.8) is 0 Å². The molecule has 8 nitrogen and oxygen atoms in total. The van der Waals surface area contributed by atoms with Crippen molar-refractivity contribution in [1.82, 2.24) is 0 Å². The van der Waals surface area contributed by atoms with Gasteiger partial charge in [0.2, 0.25) is 12.2 Å². The highest BCUT2D eigenvalue weighted by Crippen LogP contribution is 2.41. The number of ether oxygens (including phenoxy) is 5. The first kappa shape index (κ1) is 36.2. The van der Waals surface area contributed by atoms with Crippen LogP contribution in [0.3, 0.4) is 0 Å². The third-order valence-electron chi connectivity index (χ3n) is 7.85. The molecular weight excluding hydrogens is 669 g/mol. The van der Waals surface area contributed by atoms with Crippen LogP contribution >= 0.6 is 34.8 Å². The maximum atomic E-state index is 12.5. The van der Waals surface area contributed by atoms with Crippen molar-refractivity contribution in [3.8, 4) is 5.75 Å². The molecule has 3 aromatic rings. The lowest BCUT2D eigenvalue weighted by Crippen LogP contribution is -2.72. The lowest BCUT2D eigenvalue weighted by atomic mass is 9.99. The summed E-state index contributed by atoms with van der Waals surface area (Å²) in [6, 6.07) is 27.7. The summed E-state index contributed by atoms with van der Waals surface area (Å²) in [6.07, 6.45) is -4.90. The summed E-state index contributed by atoms with van der Waals surface area (Å²) in [5.41, 5.74) is 0.845. The van der Waals surface area contributed by atoms with Crippen LogP contribution in [0.2, 0.25) is 5.04 Å². The van der Waals surface area contributed by atoms with E-state index in [9.17, 15) is 4.79 Å². The molecule has 0 aliphatic carbocycles. The zero-order valence-corrected chi connectivity index (χ0v) is 29.9. The third kappa shape index (κ3) is 8.25. The number of hydrogen-bond donors (Lipinski definition) is 1. The van der Waals surface area contributed by atoms with Gasteiger partial charge < -0.3 is 28.1 Å². The van der Waals surface area contributed by atoms with E-state index in [-0.39, 0.29) is 11.6 Å². The third-order valence-corrected chi connectivity index (χ3v) is 13.4. The van der Waals surface area contributed by atoms with Gasteiger partial charge in [0.1, 0.15) is 18.0 Å². The summed E-state index contributed by atoms with van der Waals surface area (Å²) >= 11 is 17.9.